The molecule has 1 saturated heterocycles. The highest BCUT2D eigenvalue weighted by molar-refractivity contribution is 4.96. The standard InChI is InChI=1S/C9H16N4O/c1-9(3-4-14-7-9)10-5-8-6-11-12-13(8)2/h6,10H,3-5,7H2,1-2H3. The zero-order valence-corrected chi connectivity index (χ0v) is 8.66. The second-order valence-corrected chi connectivity index (χ2v) is 4.07. The highest BCUT2D eigenvalue weighted by atomic mass is 16.5. The van der Waals surface area contributed by atoms with Gasteiger partial charge in [-0.1, -0.05) is 5.21 Å². The molecule has 1 N–H and O–H groups in total. The fourth-order valence-electron chi connectivity index (χ4n) is 1.58. The van der Waals surface area contributed by atoms with E-state index in [0.717, 1.165) is 31.9 Å². The maximum atomic E-state index is 5.36. The number of nitrogens with one attached hydrogen (secondary N) is 1. The molecule has 0 radical (unpaired) electrons. The molecule has 2 heterocycles. The van der Waals surface area contributed by atoms with Crippen molar-refractivity contribution in [3.05, 3.63) is 11.9 Å². The highest BCUT2D eigenvalue weighted by Crippen LogP contribution is 2.17. The first kappa shape index (κ1) is 9.61. The second kappa shape index (κ2) is 3.67. The molecule has 1 aromatic rings. The monoisotopic (exact) mass is 196 g/mol. The first-order valence-corrected chi connectivity index (χ1v) is 4.86. The van der Waals surface area contributed by atoms with Gasteiger partial charge in [0.25, 0.3) is 0 Å². The van der Waals surface area contributed by atoms with Crippen LogP contribution in [-0.2, 0) is 18.3 Å². The SMILES string of the molecule is Cn1nncc1CNC1(C)CCOC1. The molecule has 1 fully saturated rings. The number of aryl methyl sites for hydroxylation is 1. The number of aromatic nitrogens is 3. The van der Waals surface area contributed by atoms with E-state index in [0.29, 0.717) is 0 Å². The molecule has 0 spiro atoms. The van der Waals surface area contributed by atoms with E-state index in [-0.39, 0.29) is 5.54 Å². The van der Waals surface area contributed by atoms with Crippen molar-refractivity contribution in [3.63, 3.8) is 0 Å². The molecule has 2 rings (SSSR count). The van der Waals surface area contributed by atoms with Crippen molar-refractivity contribution >= 4 is 0 Å². The second-order valence-electron chi connectivity index (χ2n) is 4.07. The van der Waals surface area contributed by atoms with Crippen LogP contribution in [0, 0.1) is 0 Å². The Kier molecular flexibility index (Phi) is 2.52. The third-order valence-corrected chi connectivity index (χ3v) is 2.72. The predicted molar refractivity (Wildman–Crippen MR) is 51.7 cm³/mol. The molecule has 1 aliphatic rings. The molecule has 1 aliphatic heterocycles. The largest absolute Gasteiger partial charge is 0.379 e. The summed E-state index contributed by atoms with van der Waals surface area (Å²) in [6, 6.07) is 0. The van der Waals surface area contributed by atoms with Crippen LogP contribution in [0.15, 0.2) is 6.20 Å². The van der Waals surface area contributed by atoms with E-state index in [1.54, 1.807) is 10.9 Å². The zero-order chi connectivity index (χ0) is 10.0. The molecule has 14 heavy (non-hydrogen) atoms. The molecule has 0 aromatic carbocycles. The van der Waals surface area contributed by atoms with Crippen molar-refractivity contribution in [2.45, 2.75) is 25.4 Å². The van der Waals surface area contributed by atoms with Gasteiger partial charge >= 0.3 is 0 Å². The van der Waals surface area contributed by atoms with Crippen LogP contribution in [0.5, 0.6) is 0 Å². The molecular weight excluding hydrogens is 180 g/mol. The van der Waals surface area contributed by atoms with Crippen molar-refractivity contribution in [3.8, 4) is 0 Å². The van der Waals surface area contributed by atoms with Crippen LogP contribution < -0.4 is 5.32 Å². The Bertz CT molecular complexity index is 304. The van der Waals surface area contributed by atoms with E-state index < -0.39 is 0 Å². The van der Waals surface area contributed by atoms with Crippen molar-refractivity contribution < 1.29 is 4.74 Å². The summed E-state index contributed by atoms with van der Waals surface area (Å²) in [4.78, 5) is 0. The summed E-state index contributed by atoms with van der Waals surface area (Å²) in [7, 11) is 1.90. The van der Waals surface area contributed by atoms with Gasteiger partial charge in [0.05, 0.1) is 18.5 Å². The van der Waals surface area contributed by atoms with Crippen LogP contribution in [0.2, 0.25) is 0 Å². The smallest absolute Gasteiger partial charge is 0.0738 e. The lowest BCUT2D eigenvalue weighted by Gasteiger charge is -2.23. The van der Waals surface area contributed by atoms with Crippen LogP contribution >= 0.6 is 0 Å². The molecule has 0 amide bonds. The Morgan fingerprint density at radius 2 is 2.57 bits per heavy atom. The Hall–Kier alpha value is -0.940. The van der Waals surface area contributed by atoms with Crippen molar-refractivity contribution in [2.24, 2.45) is 7.05 Å². The summed E-state index contributed by atoms with van der Waals surface area (Å²) < 4.78 is 7.14. The molecule has 0 saturated carbocycles. The van der Waals surface area contributed by atoms with Gasteiger partial charge in [0.1, 0.15) is 0 Å². The van der Waals surface area contributed by atoms with Gasteiger partial charge in [-0.25, -0.2) is 0 Å². The number of hydrogen-bond acceptors (Lipinski definition) is 4. The molecule has 78 valence electrons. The summed E-state index contributed by atoms with van der Waals surface area (Å²) in [6.07, 6.45) is 2.85. The van der Waals surface area contributed by atoms with Gasteiger partial charge in [0, 0.05) is 25.7 Å². The average Bonchev–Trinajstić information content (AvgIpc) is 2.73. The topological polar surface area (TPSA) is 52.0 Å². The molecule has 5 nitrogen and oxygen atoms in total. The minimum absolute atomic E-state index is 0.115. The molecular formula is C9H16N4O. The van der Waals surface area contributed by atoms with E-state index in [1.807, 2.05) is 7.05 Å². The summed E-state index contributed by atoms with van der Waals surface area (Å²) >= 11 is 0. The van der Waals surface area contributed by atoms with Gasteiger partial charge in [-0.2, -0.15) is 0 Å². The van der Waals surface area contributed by atoms with Gasteiger partial charge in [-0.3, -0.25) is 4.68 Å². The number of ether oxygens (including phenoxy) is 1. The van der Waals surface area contributed by atoms with E-state index in [9.17, 15) is 0 Å². The third kappa shape index (κ3) is 1.93. The van der Waals surface area contributed by atoms with Crippen LogP contribution in [0.4, 0.5) is 0 Å². The van der Waals surface area contributed by atoms with Crippen molar-refractivity contribution in [1.29, 1.82) is 0 Å². The number of rotatable bonds is 3. The quantitative estimate of drug-likeness (QED) is 0.744. The molecule has 1 aromatic heterocycles. The Labute approximate surface area is 83.4 Å². The van der Waals surface area contributed by atoms with Gasteiger partial charge in [-0.05, 0) is 13.3 Å². The fraction of sp³-hybridized carbons (Fsp3) is 0.778. The first-order valence-electron chi connectivity index (χ1n) is 4.86. The number of nitrogens with zero attached hydrogens (tertiary/aromatic N) is 3. The maximum absolute atomic E-state index is 5.36. The Balaban J connectivity index is 1.91. The van der Waals surface area contributed by atoms with E-state index in [4.69, 9.17) is 4.74 Å². The van der Waals surface area contributed by atoms with E-state index >= 15 is 0 Å². The Morgan fingerprint density at radius 1 is 1.71 bits per heavy atom. The summed E-state index contributed by atoms with van der Waals surface area (Å²) in [5, 5.41) is 11.2. The molecule has 5 heteroatoms. The van der Waals surface area contributed by atoms with Gasteiger partial charge in [0.15, 0.2) is 0 Å². The zero-order valence-electron chi connectivity index (χ0n) is 8.66. The molecule has 1 atom stereocenters. The van der Waals surface area contributed by atoms with Crippen LogP contribution in [0.25, 0.3) is 0 Å². The van der Waals surface area contributed by atoms with Gasteiger partial charge in [0.2, 0.25) is 0 Å². The van der Waals surface area contributed by atoms with Crippen molar-refractivity contribution in [1.82, 2.24) is 20.3 Å². The van der Waals surface area contributed by atoms with E-state index in [1.165, 1.54) is 0 Å². The summed E-state index contributed by atoms with van der Waals surface area (Å²) in [5.41, 5.74) is 1.21. The Morgan fingerprint density at radius 3 is 3.14 bits per heavy atom. The molecule has 0 aliphatic carbocycles. The molecule has 0 bridgehead atoms. The molecule has 1 unspecified atom stereocenters. The van der Waals surface area contributed by atoms with Gasteiger partial charge in [-0.15, -0.1) is 5.10 Å². The normalized spacial score (nSPS) is 27.0. The summed E-state index contributed by atoms with van der Waals surface area (Å²) in [6.45, 7) is 4.62. The number of hydrogen-bond donors (Lipinski definition) is 1. The highest BCUT2D eigenvalue weighted by Gasteiger charge is 2.28. The summed E-state index contributed by atoms with van der Waals surface area (Å²) in [5.74, 6) is 0. The van der Waals surface area contributed by atoms with Crippen LogP contribution in [0.3, 0.4) is 0 Å². The van der Waals surface area contributed by atoms with Crippen LogP contribution in [0.1, 0.15) is 19.0 Å². The lowest BCUT2D eigenvalue weighted by atomic mass is 10.0. The van der Waals surface area contributed by atoms with Crippen LogP contribution in [-0.4, -0.2) is 33.7 Å². The maximum Gasteiger partial charge on any atom is 0.0738 e. The average molecular weight is 196 g/mol. The van der Waals surface area contributed by atoms with E-state index in [2.05, 4.69) is 22.6 Å². The lowest BCUT2D eigenvalue weighted by molar-refractivity contribution is 0.171. The predicted octanol–water partition coefficient (Wildman–Crippen LogP) is 0.0837. The van der Waals surface area contributed by atoms with Gasteiger partial charge < -0.3 is 10.1 Å². The first-order chi connectivity index (χ1) is 6.70. The minimum Gasteiger partial charge on any atom is -0.379 e. The van der Waals surface area contributed by atoms with Crippen molar-refractivity contribution in [2.75, 3.05) is 13.2 Å². The fourth-order valence-corrected chi connectivity index (χ4v) is 1.58. The third-order valence-electron chi connectivity index (χ3n) is 2.72. The lowest BCUT2D eigenvalue weighted by Crippen LogP contribution is -2.42. The minimum atomic E-state index is 0.115.